The highest BCUT2D eigenvalue weighted by molar-refractivity contribution is 8.14. The quantitative estimate of drug-likeness (QED) is 0.620. The Morgan fingerprint density at radius 3 is 2.61 bits per heavy atom. The minimum Gasteiger partial charge on any atom is -0.346 e. The van der Waals surface area contributed by atoms with E-state index in [1.165, 1.54) is 0 Å². The Morgan fingerprint density at radius 2 is 1.94 bits per heavy atom. The smallest absolute Gasteiger partial charge is 0.263 e. The molecule has 0 bridgehead atoms. The van der Waals surface area contributed by atoms with Crippen molar-refractivity contribution < 1.29 is 8.42 Å². The fraction of sp³-hybridized carbons (Fsp3) is 0.385. The number of aryl methyl sites for hydroxylation is 1. The van der Waals surface area contributed by atoms with Gasteiger partial charge in [-0.1, -0.05) is 38.0 Å². The molecule has 3 nitrogen and oxygen atoms in total. The predicted molar refractivity (Wildman–Crippen MR) is 74.5 cm³/mol. The fourth-order valence-corrected chi connectivity index (χ4v) is 3.18. The van der Waals surface area contributed by atoms with Gasteiger partial charge in [0.2, 0.25) is 0 Å². The molecule has 0 unspecified atom stereocenters. The van der Waals surface area contributed by atoms with Crippen LogP contribution in [0.15, 0.2) is 35.4 Å². The minimum atomic E-state index is -3.69. The Kier molecular flexibility index (Phi) is 3.97. The predicted octanol–water partition coefficient (Wildman–Crippen LogP) is 3.76. The summed E-state index contributed by atoms with van der Waals surface area (Å²) in [6.07, 6.45) is 4.95. The van der Waals surface area contributed by atoms with Crippen molar-refractivity contribution in [1.29, 1.82) is 0 Å². The van der Waals surface area contributed by atoms with Gasteiger partial charge < -0.3 is 4.57 Å². The number of nitrogens with zero attached hydrogens (tertiary/aromatic N) is 1. The minimum absolute atomic E-state index is 0.205. The van der Waals surface area contributed by atoms with E-state index in [2.05, 4.69) is 6.92 Å². The van der Waals surface area contributed by atoms with Crippen LogP contribution in [0.25, 0.3) is 10.9 Å². The molecule has 0 fully saturated rings. The van der Waals surface area contributed by atoms with E-state index in [9.17, 15) is 8.42 Å². The summed E-state index contributed by atoms with van der Waals surface area (Å²) in [4.78, 5) is 0.205. The zero-order valence-corrected chi connectivity index (χ0v) is 11.8. The number of benzene rings is 1. The molecule has 5 heteroatoms. The van der Waals surface area contributed by atoms with Gasteiger partial charge in [0.15, 0.2) is 0 Å². The number of hydrogen-bond acceptors (Lipinski definition) is 2. The highest BCUT2D eigenvalue weighted by Crippen LogP contribution is 2.28. The molecule has 2 rings (SSSR count). The van der Waals surface area contributed by atoms with E-state index in [0.717, 1.165) is 31.3 Å². The first-order chi connectivity index (χ1) is 8.54. The summed E-state index contributed by atoms with van der Waals surface area (Å²) in [5.41, 5.74) is 0.924. The van der Waals surface area contributed by atoms with Crippen LogP contribution in [0.5, 0.6) is 0 Å². The molecule has 0 spiro atoms. The Balaban J connectivity index is 2.48. The van der Waals surface area contributed by atoms with Crippen molar-refractivity contribution in [1.82, 2.24) is 4.57 Å². The van der Waals surface area contributed by atoms with Crippen LogP contribution in [0, 0.1) is 0 Å². The van der Waals surface area contributed by atoms with Gasteiger partial charge in [-0.25, -0.2) is 8.42 Å². The van der Waals surface area contributed by atoms with Gasteiger partial charge in [0.1, 0.15) is 4.90 Å². The number of aromatic nitrogens is 1. The maximum atomic E-state index is 11.5. The van der Waals surface area contributed by atoms with Crippen molar-refractivity contribution in [2.45, 2.75) is 37.6 Å². The molecule has 2 aromatic rings. The highest BCUT2D eigenvalue weighted by atomic mass is 35.7. The first kappa shape index (κ1) is 13.4. The molecule has 0 atom stereocenters. The van der Waals surface area contributed by atoms with E-state index in [1.54, 1.807) is 12.3 Å². The van der Waals surface area contributed by atoms with Gasteiger partial charge in [0.05, 0.1) is 0 Å². The Bertz CT molecular complexity index is 646. The van der Waals surface area contributed by atoms with Gasteiger partial charge in [0, 0.05) is 34.3 Å². The molecule has 0 aliphatic rings. The number of halogens is 1. The van der Waals surface area contributed by atoms with Crippen LogP contribution in [-0.2, 0) is 15.6 Å². The topological polar surface area (TPSA) is 39.1 Å². The molecular weight excluding hydrogens is 270 g/mol. The molecule has 18 heavy (non-hydrogen) atoms. The lowest BCUT2D eigenvalue weighted by Gasteiger charge is -2.03. The molecule has 0 aliphatic heterocycles. The van der Waals surface area contributed by atoms with Crippen molar-refractivity contribution in [2.24, 2.45) is 0 Å². The standard InChI is InChI=1S/C13H16ClNO2S/c1-2-3-6-9-15-10-13(18(14,16)17)11-7-4-5-8-12(11)15/h4-5,7-8,10H,2-3,6,9H2,1H3. The number of rotatable bonds is 5. The molecule has 0 radical (unpaired) electrons. The lowest BCUT2D eigenvalue weighted by molar-refractivity contribution is 0.603. The summed E-state index contributed by atoms with van der Waals surface area (Å²) in [7, 11) is 1.78. The van der Waals surface area contributed by atoms with Crippen molar-refractivity contribution in [3.8, 4) is 0 Å². The third kappa shape index (κ3) is 2.70. The lowest BCUT2D eigenvalue weighted by atomic mass is 10.2. The number of para-hydroxylation sites is 1. The van der Waals surface area contributed by atoms with Gasteiger partial charge in [-0.2, -0.15) is 0 Å². The monoisotopic (exact) mass is 285 g/mol. The van der Waals surface area contributed by atoms with Crippen LogP contribution in [0.2, 0.25) is 0 Å². The second-order valence-corrected chi connectivity index (χ2v) is 6.88. The fourth-order valence-electron chi connectivity index (χ4n) is 2.12. The van der Waals surface area contributed by atoms with Crippen LogP contribution in [0.3, 0.4) is 0 Å². The largest absolute Gasteiger partial charge is 0.346 e. The molecule has 0 saturated carbocycles. The van der Waals surface area contributed by atoms with Crippen LogP contribution < -0.4 is 0 Å². The Labute approximate surface area is 112 Å². The molecule has 0 amide bonds. The molecule has 1 aromatic heterocycles. The van der Waals surface area contributed by atoms with E-state index in [1.807, 2.05) is 22.8 Å². The average molecular weight is 286 g/mol. The summed E-state index contributed by atoms with van der Waals surface area (Å²) in [5.74, 6) is 0. The number of hydrogen-bond donors (Lipinski definition) is 0. The van der Waals surface area contributed by atoms with E-state index in [-0.39, 0.29) is 4.90 Å². The lowest BCUT2D eigenvalue weighted by Crippen LogP contribution is -1.96. The van der Waals surface area contributed by atoms with Crippen LogP contribution in [0.4, 0.5) is 0 Å². The van der Waals surface area contributed by atoms with E-state index < -0.39 is 9.05 Å². The molecule has 0 saturated heterocycles. The van der Waals surface area contributed by atoms with Crippen molar-refractivity contribution in [3.63, 3.8) is 0 Å². The molecule has 1 heterocycles. The normalized spacial score (nSPS) is 12.1. The Hall–Kier alpha value is -1.00. The maximum absolute atomic E-state index is 11.5. The first-order valence-electron chi connectivity index (χ1n) is 6.06. The van der Waals surface area contributed by atoms with E-state index in [0.29, 0.717) is 5.39 Å². The third-order valence-electron chi connectivity index (χ3n) is 3.02. The second kappa shape index (κ2) is 5.33. The first-order valence-corrected chi connectivity index (χ1v) is 8.37. The molecule has 0 aliphatic carbocycles. The summed E-state index contributed by atoms with van der Waals surface area (Å²) in [6, 6.07) is 7.45. The Morgan fingerprint density at radius 1 is 1.22 bits per heavy atom. The zero-order valence-electron chi connectivity index (χ0n) is 10.3. The van der Waals surface area contributed by atoms with Gasteiger partial charge in [-0.3, -0.25) is 0 Å². The van der Waals surface area contributed by atoms with E-state index >= 15 is 0 Å². The summed E-state index contributed by atoms with van der Waals surface area (Å²) < 4.78 is 25.1. The van der Waals surface area contributed by atoms with Gasteiger partial charge in [0.25, 0.3) is 9.05 Å². The second-order valence-electron chi connectivity index (χ2n) is 4.35. The number of unbranched alkanes of at least 4 members (excludes halogenated alkanes) is 2. The van der Waals surface area contributed by atoms with Crippen molar-refractivity contribution in [2.75, 3.05) is 0 Å². The molecule has 1 aromatic carbocycles. The van der Waals surface area contributed by atoms with Gasteiger partial charge >= 0.3 is 0 Å². The summed E-state index contributed by atoms with van der Waals surface area (Å²) in [5, 5.41) is 0.698. The molecule has 98 valence electrons. The molecule has 0 N–H and O–H groups in total. The van der Waals surface area contributed by atoms with Gasteiger partial charge in [-0.05, 0) is 12.5 Å². The summed E-state index contributed by atoms with van der Waals surface area (Å²) >= 11 is 0. The zero-order chi connectivity index (χ0) is 13.2. The van der Waals surface area contributed by atoms with Crippen LogP contribution >= 0.6 is 10.7 Å². The maximum Gasteiger partial charge on any atom is 0.263 e. The highest BCUT2D eigenvalue weighted by Gasteiger charge is 2.17. The third-order valence-corrected chi connectivity index (χ3v) is 4.37. The number of fused-ring (bicyclic) bond motifs is 1. The average Bonchev–Trinajstić information content (AvgIpc) is 2.69. The van der Waals surface area contributed by atoms with Gasteiger partial charge in [-0.15, -0.1) is 0 Å². The van der Waals surface area contributed by atoms with Crippen LogP contribution in [-0.4, -0.2) is 13.0 Å². The van der Waals surface area contributed by atoms with Crippen LogP contribution in [0.1, 0.15) is 26.2 Å². The van der Waals surface area contributed by atoms with E-state index in [4.69, 9.17) is 10.7 Å². The van der Waals surface area contributed by atoms with Crippen molar-refractivity contribution >= 4 is 30.6 Å². The SMILES string of the molecule is CCCCCn1cc(S(=O)(=O)Cl)c2ccccc21. The summed E-state index contributed by atoms with van der Waals surface area (Å²) in [6.45, 7) is 2.96. The van der Waals surface area contributed by atoms with Crippen molar-refractivity contribution in [3.05, 3.63) is 30.5 Å². The molecular formula is C13H16ClNO2S.